The van der Waals surface area contributed by atoms with Gasteiger partial charge in [-0.2, -0.15) is 5.10 Å². The molecule has 1 unspecified atom stereocenters. The quantitative estimate of drug-likeness (QED) is 0.873. The van der Waals surface area contributed by atoms with E-state index in [1.165, 1.54) is 5.56 Å². The summed E-state index contributed by atoms with van der Waals surface area (Å²) in [5, 5.41) is 7.99. The Morgan fingerprint density at radius 3 is 2.43 bits per heavy atom. The number of hydrogen-bond donors (Lipinski definition) is 1. The molecule has 0 aliphatic rings. The molecule has 1 atom stereocenters. The molecule has 114 valence electrons. The zero-order valence-corrected chi connectivity index (χ0v) is 13.6. The lowest BCUT2D eigenvalue weighted by molar-refractivity contribution is 0.317. The number of aromatic nitrogens is 2. The Labute approximate surface area is 127 Å². The summed E-state index contributed by atoms with van der Waals surface area (Å²) in [5.41, 5.74) is 4.55. The highest BCUT2D eigenvalue weighted by atomic mass is 16.5. The SMILES string of the molecule is CCCOc1ccc(C(C)Nc2c(C)nn(C)c2C)cc1. The molecular weight excluding hydrogens is 262 g/mol. The Kier molecular flexibility index (Phi) is 4.89. The van der Waals surface area contributed by atoms with E-state index in [1.807, 2.05) is 30.8 Å². The van der Waals surface area contributed by atoms with Crippen molar-refractivity contribution in [1.82, 2.24) is 9.78 Å². The zero-order valence-electron chi connectivity index (χ0n) is 13.6. The molecule has 0 fully saturated rings. The van der Waals surface area contributed by atoms with Crippen LogP contribution in [0.5, 0.6) is 5.75 Å². The maximum Gasteiger partial charge on any atom is 0.119 e. The van der Waals surface area contributed by atoms with E-state index in [2.05, 4.69) is 43.3 Å². The van der Waals surface area contributed by atoms with Crippen molar-refractivity contribution in [3.05, 3.63) is 41.2 Å². The van der Waals surface area contributed by atoms with Gasteiger partial charge in [-0.05, 0) is 44.9 Å². The van der Waals surface area contributed by atoms with Crippen molar-refractivity contribution in [2.75, 3.05) is 11.9 Å². The van der Waals surface area contributed by atoms with Crippen LogP contribution in [0.4, 0.5) is 5.69 Å². The highest BCUT2D eigenvalue weighted by Gasteiger charge is 2.13. The summed E-state index contributed by atoms with van der Waals surface area (Å²) in [6.45, 7) is 9.15. The second-order valence-electron chi connectivity index (χ2n) is 5.45. The van der Waals surface area contributed by atoms with Crippen LogP contribution >= 0.6 is 0 Å². The number of ether oxygens (including phenoxy) is 1. The van der Waals surface area contributed by atoms with Gasteiger partial charge in [-0.25, -0.2) is 0 Å². The minimum atomic E-state index is 0.229. The first kappa shape index (κ1) is 15.4. The highest BCUT2D eigenvalue weighted by molar-refractivity contribution is 5.53. The average Bonchev–Trinajstić information content (AvgIpc) is 2.72. The predicted molar refractivity (Wildman–Crippen MR) is 86.9 cm³/mol. The molecule has 0 amide bonds. The van der Waals surface area contributed by atoms with Gasteiger partial charge in [-0.1, -0.05) is 19.1 Å². The third kappa shape index (κ3) is 3.57. The van der Waals surface area contributed by atoms with Crippen molar-refractivity contribution >= 4 is 5.69 Å². The Morgan fingerprint density at radius 2 is 1.90 bits per heavy atom. The van der Waals surface area contributed by atoms with Gasteiger partial charge >= 0.3 is 0 Å². The first-order chi connectivity index (χ1) is 10.0. The summed E-state index contributed by atoms with van der Waals surface area (Å²) < 4.78 is 7.52. The van der Waals surface area contributed by atoms with Gasteiger partial charge < -0.3 is 10.1 Å². The van der Waals surface area contributed by atoms with Gasteiger partial charge in [0.05, 0.1) is 23.7 Å². The monoisotopic (exact) mass is 287 g/mol. The van der Waals surface area contributed by atoms with E-state index in [4.69, 9.17) is 4.74 Å². The van der Waals surface area contributed by atoms with Crippen LogP contribution < -0.4 is 10.1 Å². The van der Waals surface area contributed by atoms with Gasteiger partial charge in [0, 0.05) is 13.1 Å². The molecule has 4 nitrogen and oxygen atoms in total. The molecule has 0 spiro atoms. The highest BCUT2D eigenvalue weighted by Crippen LogP contribution is 2.25. The van der Waals surface area contributed by atoms with Crippen LogP contribution in [0.3, 0.4) is 0 Å². The molecular formula is C17H25N3O. The number of nitrogens with one attached hydrogen (secondary N) is 1. The number of hydrogen-bond acceptors (Lipinski definition) is 3. The van der Waals surface area contributed by atoms with E-state index in [-0.39, 0.29) is 6.04 Å². The van der Waals surface area contributed by atoms with Crippen molar-refractivity contribution in [2.45, 2.75) is 40.2 Å². The van der Waals surface area contributed by atoms with Crippen LogP contribution in [0.1, 0.15) is 43.3 Å². The first-order valence-electron chi connectivity index (χ1n) is 7.52. The van der Waals surface area contributed by atoms with Crippen LogP contribution in [0.15, 0.2) is 24.3 Å². The smallest absolute Gasteiger partial charge is 0.119 e. The number of aryl methyl sites for hydroxylation is 2. The number of nitrogens with zero attached hydrogens (tertiary/aromatic N) is 2. The molecule has 0 radical (unpaired) electrons. The van der Waals surface area contributed by atoms with Crippen molar-refractivity contribution in [3.8, 4) is 5.75 Å². The summed E-state index contributed by atoms with van der Waals surface area (Å²) >= 11 is 0. The van der Waals surface area contributed by atoms with E-state index in [1.54, 1.807) is 0 Å². The fourth-order valence-electron chi connectivity index (χ4n) is 2.35. The van der Waals surface area contributed by atoms with E-state index in [0.29, 0.717) is 0 Å². The predicted octanol–water partition coefficient (Wildman–Crippen LogP) is 4.00. The molecule has 1 N–H and O–H groups in total. The lowest BCUT2D eigenvalue weighted by atomic mass is 10.1. The Balaban J connectivity index is 2.07. The maximum absolute atomic E-state index is 5.62. The first-order valence-corrected chi connectivity index (χ1v) is 7.52. The topological polar surface area (TPSA) is 39.1 Å². The summed E-state index contributed by atoms with van der Waals surface area (Å²) in [4.78, 5) is 0. The Morgan fingerprint density at radius 1 is 1.24 bits per heavy atom. The molecule has 1 aromatic carbocycles. The van der Waals surface area contributed by atoms with Gasteiger partial charge in [0.2, 0.25) is 0 Å². The van der Waals surface area contributed by atoms with Crippen LogP contribution in [0.25, 0.3) is 0 Å². The van der Waals surface area contributed by atoms with E-state index in [0.717, 1.165) is 35.9 Å². The van der Waals surface area contributed by atoms with Crippen molar-refractivity contribution in [3.63, 3.8) is 0 Å². The van der Waals surface area contributed by atoms with Gasteiger partial charge in [0.1, 0.15) is 5.75 Å². The van der Waals surface area contributed by atoms with E-state index < -0.39 is 0 Å². The molecule has 0 saturated carbocycles. The Hall–Kier alpha value is -1.97. The minimum absolute atomic E-state index is 0.229. The second kappa shape index (κ2) is 6.66. The summed E-state index contributed by atoms with van der Waals surface area (Å²) in [5.74, 6) is 0.932. The fraction of sp³-hybridized carbons (Fsp3) is 0.471. The molecule has 0 bridgehead atoms. The number of anilines is 1. The number of benzene rings is 1. The van der Waals surface area contributed by atoms with Gasteiger partial charge in [0.25, 0.3) is 0 Å². The Bertz CT molecular complexity index is 587. The summed E-state index contributed by atoms with van der Waals surface area (Å²) in [7, 11) is 1.97. The normalized spacial score (nSPS) is 12.2. The van der Waals surface area contributed by atoms with E-state index in [9.17, 15) is 0 Å². The molecule has 0 saturated heterocycles. The third-order valence-electron chi connectivity index (χ3n) is 3.72. The largest absolute Gasteiger partial charge is 0.494 e. The second-order valence-corrected chi connectivity index (χ2v) is 5.45. The molecule has 2 rings (SSSR count). The molecule has 0 aliphatic heterocycles. The molecule has 4 heteroatoms. The van der Waals surface area contributed by atoms with Crippen LogP contribution in [-0.4, -0.2) is 16.4 Å². The molecule has 2 aromatic rings. The van der Waals surface area contributed by atoms with Crippen LogP contribution in [0.2, 0.25) is 0 Å². The average molecular weight is 287 g/mol. The summed E-state index contributed by atoms with van der Waals surface area (Å²) in [6.07, 6.45) is 1.03. The maximum atomic E-state index is 5.62. The fourth-order valence-corrected chi connectivity index (χ4v) is 2.35. The molecule has 0 aliphatic carbocycles. The zero-order chi connectivity index (χ0) is 15.4. The summed E-state index contributed by atoms with van der Waals surface area (Å²) in [6, 6.07) is 8.53. The lowest BCUT2D eigenvalue weighted by Gasteiger charge is -2.16. The van der Waals surface area contributed by atoms with Crippen molar-refractivity contribution in [2.24, 2.45) is 7.05 Å². The van der Waals surface area contributed by atoms with Gasteiger partial charge in [-0.3, -0.25) is 4.68 Å². The lowest BCUT2D eigenvalue weighted by Crippen LogP contribution is -2.08. The number of rotatable bonds is 6. The van der Waals surface area contributed by atoms with Crippen LogP contribution in [-0.2, 0) is 7.05 Å². The van der Waals surface area contributed by atoms with E-state index >= 15 is 0 Å². The molecule has 1 aromatic heterocycles. The van der Waals surface area contributed by atoms with Gasteiger partial charge in [-0.15, -0.1) is 0 Å². The third-order valence-corrected chi connectivity index (χ3v) is 3.72. The van der Waals surface area contributed by atoms with Crippen molar-refractivity contribution < 1.29 is 4.74 Å². The minimum Gasteiger partial charge on any atom is -0.494 e. The van der Waals surface area contributed by atoms with Crippen molar-refractivity contribution in [1.29, 1.82) is 0 Å². The van der Waals surface area contributed by atoms with Crippen LogP contribution in [0, 0.1) is 13.8 Å². The molecule has 21 heavy (non-hydrogen) atoms. The standard InChI is InChI=1S/C17H25N3O/c1-6-11-21-16-9-7-15(8-10-16)12(2)18-17-13(3)19-20(5)14(17)4/h7-10,12,18H,6,11H2,1-5H3. The molecule has 1 heterocycles. The van der Waals surface area contributed by atoms with Gasteiger partial charge in [0.15, 0.2) is 0 Å².